The van der Waals surface area contributed by atoms with Crippen molar-refractivity contribution in [1.82, 2.24) is 0 Å². The predicted octanol–water partition coefficient (Wildman–Crippen LogP) is 3.70. The minimum Gasteiger partial charge on any atom is -0.280 e. The number of hydrogen-bond acceptors (Lipinski definition) is 2. The topological polar surface area (TPSA) is 46.2 Å². The molecule has 19 heavy (non-hydrogen) atoms. The zero-order valence-electron chi connectivity index (χ0n) is 10.0. The van der Waals surface area contributed by atoms with Crippen molar-refractivity contribution in [3.63, 3.8) is 0 Å². The van der Waals surface area contributed by atoms with Crippen LogP contribution in [-0.2, 0) is 10.0 Å². The first-order chi connectivity index (χ1) is 8.88. The lowest BCUT2D eigenvalue weighted by Gasteiger charge is -2.10. The van der Waals surface area contributed by atoms with Gasteiger partial charge in [-0.3, -0.25) is 4.72 Å². The highest BCUT2D eigenvalue weighted by Crippen LogP contribution is 2.22. The van der Waals surface area contributed by atoms with E-state index in [0.29, 0.717) is 11.3 Å². The molecule has 0 unspecified atom stereocenters. The predicted molar refractivity (Wildman–Crippen MR) is 76.1 cm³/mol. The van der Waals surface area contributed by atoms with Crippen LogP contribution in [0.25, 0.3) is 0 Å². The SMILES string of the molecule is Cc1cc(F)ccc1S(=O)(=O)Nc1cccc(Br)c1. The molecule has 6 heteroatoms. The van der Waals surface area contributed by atoms with Gasteiger partial charge < -0.3 is 0 Å². The second-order valence-corrected chi connectivity index (χ2v) is 6.59. The molecule has 0 atom stereocenters. The summed E-state index contributed by atoms with van der Waals surface area (Å²) in [4.78, 5) is 0.0638. The van der Waals surface area contributed by atoms with Crippen molar-refractivity contribution in [2.45, 2.75) is 11.8 Å². The number of aryl methyl sites for hydroxylation is 1. The average molecular weight is 344 g/mol. The third kappa shape index (κ3) is 3.33. The van der Waals surface area contributed by atoms with Gasteiger partial charge in [0.05, 0.1) is 4.90 Å². The standard InChI is InChI=1S/C13H11BrFNO2S/c1-9-7-11(15)5-6-13(9)19(17,18)16-12-4-2-3-10(14)8-12/h2-8,16H,1H3. The van der Waals surface area contributed by atoms with Crippen LogP contribution in [0, 0.1) is 12.7 Å². The molecule has 0 aliphatic rings. The molecule has 0 aromatic heterocycles. The quantitative estimate of drug-likeness (QED) is 0.923. The molecule has 0 bridgehead atoms. The Balaban J connectivity index is 2.38. The van der Waals surface area contributed by atoms with Gasteiger partial charge in [-0.1, -0.05) is 22.0 Å². The first-order valence-corrected chi connectivity index (χ1v) is 7.71. The van der Waals surface area contributed by atoms with Crippen LogP contribution in [-0.4, -0.2) is 8.42 Å². The van der Waals surface area contributed by atoms with E-state index in [4.69, 9.17) is 0 Å². The van der Waals surface area contributed by atoms with E-state index in [0.717, 1.165) is 10.5 Å². The van der Waals surface area contributed by atoms with Crippen molar-refractivity contribution in [3.8, 4) is 0 Å². The van der Waals surface area contributed by atoms with E-state index in [1.54, 1.807) is 31.2 Å². The van der Waals surface area contributed by atoms with Crippen molar-refractivity contribution in [2.24, 2.45) is 0 Å². The first kappa shape index (κ1) is 14.0. The molecule has 0 amide bonds. The van der Waals surface area contributed by atoms with Gasteiger partial charge in [0, 0.05) is 10.2 Å². The molecule has 0 saturated heterocycles. The van der Waals surface area contributed by atoms with Crippen LogP contribution < -0.4 is 4.72 Å². The lowest BCUT2D eigenvalue weighted by atomic mass is 10.2. The van der Waals surface area contributed by atoms with Crippen molar-refractivity contribution >= 4 is 31.6 Å². The Hall–Kier alpha value is -1.40. The maximum Gasteiger partial charge on any atom is 0.262 e. The molecular formula is C13H11BrFNO2S. The number of benzene rings is 2. The van der Waals surface area contributed by atoms with Crippen LogP contribution in [0.3, 0.4) is 0 Å². The van der Waals surface area contributed by atoms with Gasteiger partial charge in [0.1, 0.15) is 5.82 Å². The largest absolute Gasteiger partial charge is 0.280 e. The number of anilines is 1. The lowest BCUT2D eigenvalue weighted by Crippen LogP contribution is -2.14. The molecule has 0 radical (unpaired) electrons. The van der Waals surface area contributed by atoms with Crippen LogP contribution >= 0.6 is 15.9 Å². The monoisotopic (exact) mass is 343 g/mol. The Kier molecular flexibility index (Phi) is 3.91. The third-order valence-electron chi connectivity index (χ3n) is 2.50. The fourth-order valence-electron chi connectivity index (χ4n) is 1.68. The van der Waals surface area contributed by atoms with Gasteiger partial charge in [0.15, 0.2) is 0 Å². The highest BCUT2D eigenvalue weighted by atomic mass is 79.9. The van der Waals surface area contributed by atoms with Crippen LogP contribution in [0.2, 0.25) is 0 Å². The van der Waals surface area contributed by atoms with Crippen LogP contribution in [0.1, 0.15) is 5.56 Å². The molecule has 0 aliphatic heterocycles. The maximum atomic E-state index is 13.0. The molecule has 0 spiro atoms. The highest BCUT2D eigenvalue weighted by Gasteiger charge is 2.17. The highest BCUT2D eigenvalue weighted by molar-refractivity contribution is 9.10. The van der Waals surface area contributed by atoms with E-state index in [1.165, 1.54) is 12.1 Å². The smallest absolute Gasteiger partial charge is 0.262 e. The Labute approximate surface area is 119 Å². The van der Waals surface area contributed by atoms with E-state index in [1.807, 2.05) is 0 Å². The van der Waals surface area contributed by atoms with E-state index in [2.05, 4.69) is 20.7 Å². The van der Waals surface area contributed by atoms with Gasteiger partial charge in [-0.2, -0.15) is 0 Å². The van der Waals surface area contributed by atoms with Crippen LogP contribution in [0.5, 0.6) is 0 Å². The number of hydrogen-bond donors (Lipinski definition) is 1. The Bertz CT molecular complexity index is 716. The molecule has 100 valence electrons. The van der Waals surface area contributed by atoms with E-state index < -0.39 is 15.8 Å². The average Bonchev–Trinajstić information content (AvgIpc) is 2.27. The second kappa shape index (κ2) is 5.30. The molecule has 1 N–H and O–H groups in total. The van der Waals surface area contributed by atoms with E-state index in [9.17, 15) is 12.8 Å². The zero-order chi connectivity index (χ0) is 14.0. The van der Waals surface area contributed by atoms with Gasteiger partial charge in [0.25, 0.3) is 10.0 Å². The lowest BCUT2D eigenvalue weighted by molar-refractivity contribution is 0.598. The third-order valence-corrected chi connectivity index (χ3v) is 4.54. The zero-order valence-corrected chi connectivity index (χ0v) is 12.4. The molecule has 0 saturated carbocycles. The maximum absolute atomic E-state index is 13.0. The van der Waals surface area contributed by atoms with Crippen molar-refractivity contribution < 1.29 is 12.8 Å². The molecule has 2 aromatic carbocycles. The Morgan fingerprint density at radius 2 is 1.89 bits per heavy atom. The summed E-state index contributed by atoms with van der Waals surface area (Å²) in [5.74, 6) is -0.459. The number of halogens is 2. The normalized spacial score (nSPS) is 11.3. The summed E-state index contributed by atoms with van der Waals surface area (Å²) in [7, 11) is -3.72. The summed E-state index contributed by atoms with van der Waals surface area (Å²) in [5, 5.41) is 0. The molecular weight excluding hydrogens is 333 g/mol. The summed E-state index contributed by atoms with van der Waals surface area (Å²) >= 11 is 3.27. The molecule has 2 aromatic rings. The van der Waals surface area contributed by atoms with E-state index in [-0.39, 0.29) is 4.90 Å². The Morgan fingerprint density at radius 1 is 1.16 bits per heavy atom. The minimum atomic E-state index is -3.72. The molecule has 0 fully saturated rings. The molecule has 2 rings (SSSR count). The summed E-state index contributed by atoms with van der Waals surface area (Å²) < 4.78 is 40.6. The summed E-state index contributed by atoms with van der Waals surface area (Å²) in [5.41, 5.74) is 0.806. The fraction of sp³-hybridized carbons (Fsp3) is 0.0769. The van der Waals surface area contributed by atoms with Crippen LogP contribution in [0.15, 0.2) is 51.8 Å². The number of nitrogens with one attached hydrogen (secondary N) is 1. The second-order valence-electron chi connectivity index (χ2n) is 4.03. The van der Waals surface area contributed by atoms with Gasteiger partial charge in [0.2, 0.25) is 0 Å². The van der Waals surface area contributed by atoms with Crippen molar-refractivity contribution in [1.29, 1.82) is 0 Å². The van der Waals surface area contributed by atoms with Gasteiger partial charge >= 0.3 is 0 Å². The van der Waals surface area contributed by atoms with Crippen molar-refractivity contribution in [3.05, 3.63) is 58.3 Å². The number of sulfonamides is 1. The van der Waals surface area contributed by atoms with Gasteiger partial charge in [-0.25, -0.2) is 12.8 Å². The minimum absolute atomic E-state index is 0.0638. The fourth-order valence-corrected chi connectivity index (χ4v) is 3.35. The molecule has 3 nitrogen and oxygen atoms in total. The number of rotatable bonds is 3. The van der Waals surface area contributed by atoms with E-state index >= 15 is 0 Å². The molecule has 0 aliphatic carbocycles. The molecule has 0 heterocycles. The summed E-state index contributed by atoms with van der Waals surface area (Å²) in [6.07, 6.45) is 0. The van der Waals surface area contributed by atoms with Crippen molar-refractivity contribution in [2.75, 3.05) is 4.72 Å². The Morgan fingerprint density at radius 3 is 2.53 bits per heavy atom. The summed E-state index contributed by atoms with van der Waals surface area (Å²) in [6, 6.07) is 10.4. The first-order valence-electron chi connectivity index (χ1n) is 5.43. The summed E-state index contributed by atoms with van der Waals surface area (Å²) in [6.45, 7) is 1.55. The van der Waals surface area contributed by atoms with Crippen LogP contribution in [0.4, 0.5) is 10.1 Å². The van der Waals surface area contributed by atoms with Gasteiger partial charge in [-0.05, 0) is 48.9 Å². The van der Waals surface area contributed by atoms with Gasteiger partial charge in [-0.15, -0.1) is 0 Å².